The molecule has 1 atom stereocenters. The Bertz CT molecular complexity index is 1010. The molecule has 0 saturated heterocycles. The third-order valence-corrected chi connectivity index (χ3v) is 6.16. The predicted molar refractivity (Wildman–Crippen MR) is 104 cm³/mol. The maximum Gasteiger partial charge on any atom is 0.214 e. The van der Waals surface area contributed by atoms with Crippen molar-refractivity contribution in [1.29, 1.82) is 0 Å². The first kappa shape index (κ1) is 19.4. The first-order chi connectivity index (χ1) is 12.6. The van der Waals surface area contributed by atoms with Crippen LogP contribution in [0.25, 0.3) is 5.70 Å². The molecule has 0 amide bonds. The lowest BCUT2D eigenvalue weighted by Gasteiger charge is -2.35. The molecule has 1 aliphatic rings. The van der Waals surface area contributed by atoms with Crippen LogP contribution in [0, 0.1) is 5.82 Å². The van der Waals surface area contributed by atoms with Crippen molar-refractivity contribution in [1.82, 2.24) is 14.7 Å². The van der Waals surface area contributed by atoms with Crippen LogP contribution in [0.1, 0.15) is 13.8 Å². The van der Waals surface area contributed by atoms with Gasteiger partial charge in [0.2, 0.25) is 9.84 Å². The fourth-order valence-corrected chi connectivity index (χ4v) is 5.06. The van der Waals surface area contributed by atoms with Gasteiger partial charge in [-0.05, 0) is 52.2 Å². The largest absolute Gasteiger partial charge is 0.370 e. The molecule has 27 heavy (non-hydrogen) atoms. The first-order valence-electron chi connectivity index (χ1n) is 8.51. The summed E-state index contributed by atoms with van der Waals surface area (Å²) in [6, 6.07) is 4.99. The molecule has 1 aromatic heterocycles. The molecular formula is C18H24FN5O2S. The van der Waals surface area contributed by atoms with E-state index in [1.54, 1.807) is 11.7 Å². The number of sulfone groups is 1. The van der Waals surface area contributed by atoms with Gasteiger partial charge in [0.05, 0.1) is 10.4 Å². The van der Waals surface area contributed by atoms with E-state index in [2.05, 4.69) is 15.7 Å². The number of rotatable bonds is 5. The molecule has 2 aromatic rings. The summed E-state index contributed by atoms with van der Waals surface area (Å²) in [5.74, 6) is -0.0267. The van der Waals surface area contributed by atoms with E-state index in [-0.39, 0.29) is 15.6 Å². The minimum absolute atomic E-state index is 0.00744. The zero-order chi connectivity index (χ0) is 20.0. The number of anilines is 2. The molecule has 146 valence electrons. The topological polar surface area (TPSA) is 79.3 Å². The summed E-state index contributed by atoms with van der Waals surface area (Å²) in [7, 11) is 1.51. The molecule has 1 aromatic carbocycles. The highest BCUT2D eigenvalue weighted by molar-refractivity contribution is 7.91. The summed E-state index contributed by atoms with van der Waals surface area (Å²) in [5, 5.41) is 10.6. The van der Waals surface area contributed by atoms with Gasteiger partial charge < -0.3 is 15.5 Å². The van der Waals surface area contributed by atoms with E-state index in [1.165, 1.54) is 18.2 Å². The number of hydrogen-bond donors (Lipinski definition) is 2. The van der Waals surface area contributed by atoms with E-state index < -0.39 is 21.2 Å². The van der Waals surface area contributed by atoms with Crippen molar-refractivity contribution in [3.8, 4) is 0 Å². The van der Waals surface area contributed by atoms with Gasteiger partial charge in [-0.2, -0.15) is 0 Å². The molecule has 3 rings (SSSR count). The highest BCUT2D eigenvalue weighted by Crippen LogP contribution is 2.39. The van der Waals surface area contributed by atoms with Crippen LogP contribution >= 0.6 is 0 Å². The van der Waals surface area contributed by atoms with Crippen LogP contribution in [-0.2, 0) is 9.84 Å². The maximum atomic E-state index is 13.7. The Labute approximate surface area is 158 Å². The summed E-state index contributed by atoms with van der Waals surface area (Å²) in [6.07, 6.45) is 2.02. The Kier molecular flexibility index (Phi) is 4.77. The lowest BCUT2D eigenvalue weighted by Crippen LogP contribution is -2.45. The smallest absolute Gasteiger partial charge is 0.214 e. The molecular weight excluding hydrogens is 369 g/mol. The minimum atomic E-state index is -3.99. The fourth-order valence-electron chi connectivity index (χ4n) is 3.51. The number of benzene rings is 1. The summed E-state index contributed by atoms with van der Waals surface area (Å²) in [4.78, 5) is 1.91. The van der Waals surface area contributed by atoms with Crippen LogP contribution < -0.4 is 10.6 Å². The maximum absolute atomic E-state index is 13.7. The average molecular weight is 393 g/mol. The number of allylic oxidation sites excluding steroid dienone is 1. The van der Waals surface area contributed by atoms with Crippen molar-refractivity contribution >= 4 is 27.2 Å². The van der Waals surface area contributed by atoms with E-state index in [1.807, 2.05) is 38.9 Å². The molecule has 0 radical (unpaired) electrons. The molecule has 9 heteroatoms. The number of halogens is 1. The molecule has 1 unspecified atom stereocenters. The van der Waals surface area contributed by atoms with Crippen LogP contribution in [0.2, 0.25) is 0 Å². The third kappa shape index (κ3) is 3.44. The number of nitrogens with one attached hydrogen (secondary N) is 2. The van der Waals surface area contributed by atoms with Crippen molar-refractivity contribution in [2.24, 2.45) is 0 Å². The Morgan fingerprint density at radius 2 is 2.07 bits per heavy atom. The van der Waals surface area contributed by atoms with Gasteiger partial charge in [-0.1, -0.05) is 6.07 Å². The van der Waals surface area contributed by atoms with Gasteiger partial charge in [0.15, 0.2) is 16.5 Å². The normalized spacial score (nSPS) is 19.4. The lowest BCUT2D eigenvalue weighted by atomic mass is 9.98. The van der Waals surface area contributed by atoms with Crippen molar-refractivity contribution in [2.45, 2.75) is 29.2 Å². The van der Waals surface area contributed by atoms with Crippen LogP contribution in [0.4, 0.5) is 16.0 Å². The molecule has 1 aliphatic heterocycles. The summed E-state index contributed by atoms with van der Waals surface area (Å²) >= 11 is 0. The molecule has 0 saturated carbocycles. The molecule has 7 nitrogen and oxygen atoms in total. The molecule has 0 aliphatic carbocycles. The lowest BCUT2D eigenvalue weighted by molar-refractivity contribution is 0.351. The van der Waals surface area contributed by atoms with Crippen molar-refractivity contribution in [3.05, 3.63) is 36.2 Å². The number of likely N-dealkylation sites (N-methyl/N-ethyl adjacent to an activating group) is 1. The number of nitrogens with zero attached hydrogens (tertiary/aromatic N) is 3. The minimum Gasteiger partial charge on any atom is -0.370 e. The second-order valence-electron chi connectivity index (χ2n) is 7.21. The van der Waals surface area contributed by atoms with Crippen LogP contribution in [0.15, 0.2) is 40.1 Å². The van der Waals surface area contributed by atoms with Crippen molar-refractivity contribution in [2.75, 3.05) is 38.3 Å². The van der Waals surface area contributed by atoms with Crippen LogP contribution in [0.5, 0.6) is 0 Å². The number of hydrogen-bond acceptors (Lipinski definition) is 6. The molecule has 2 heterocycles. The zero-order valence-electron chi connectivity index (χ0n) is 16.0. The number of fused-ring (bicyclic) bond motifs is 1. The van der Waals surface area contributed by atoms with Gasteiger partial charge in [0, 0.05) is 19.3 Å². The number of aromatic nitrogens is 2. The first-order valence-corrected chi connectivity index (χ1v) is 10.00. The van der Waals surface area contributed by atoms with Crippen LogP contribution in [0.3, 0.4) is 0 Å². The Hall–Kier alpha value is -2.39. The van der Waals surface area contributed by atoms with Gasteiger partial charge in [-0.25, -0.2) is 17.5 Å². The van der Waals surface area contributed by atoms with E-state index in [9.17, 15) is 12.8 Å². The Morgan fingerprint density at radius 1 is 1.37 bits per heavy atom. The Morgan fingerprint density at radius 3 is 2.67 bits per heavy atom. The van der Waals surface area contributed by atoms with Crippen LogP contribution in [-0.4, -0.2) is 56.3 Å². The van der Waals surface area contributed by atoms with E-state index in [0.717, 1.165) is 11.8 Å². The highest BCUT2D eigenvalue weighted by Gasteiger charge is 2.37. The second-order valence-corrected chi connectivity index (χ2v) is 9.10. The van der Waals surface area contributed by atoms with Gasteiger partial charge in [-0.3, -0.25) is 0 Å². The van der Waals surface area contributed by atoms with Gasteiger partial charge >= 0.3 is 0 Å². The van der Waals surface area contributed by atoms with Gasteiger partial charge in [-0.15, -0.1) is 5.10 Å². The average Bonchev–Trinajstić information content (AvgIpc) is 2.92. The van der Waals surface area contributed by atoms with E-state index in [0.29, 0.717) is 12.4 Å². The van der Waals surface area contributed by atoms with Gasteiger partial charge in [0.25, 0.3) is 0 Å². The van der Waals surface area contributed by atoms with Gasteiger partial charge in [0.1, 0.15) is 5.82 Å². The molecule has 0 spiro atoms. The van der Waals surface area contributed by atoms with Crippen molar-refractivity contribution in [3.63, 3.8) is 0 Å². The zero-order valence-corrected chi connectivity index (χ0v) is 16.9. The quantitative estimate of drug-likeness (QED) is 0.813. The summed E-state index contributed by atoms with van der Waals surface area (Å²) in [5.41, 5.74) is 0.325. The van der Waals surface area contributed by atoms with Crippen molar-refractivity contribution < 1.29 is 12.8 Å². The molecule has 0 bridgehead atoms. The Balaban J connectivity index is 2.21. The van der Waals surface area contributed by atoms with E-state index in [4.69, 9.17) is 0 Å². The monoisotopic (exact) mass is 393 g/mol. The van der Waals surface area contributed by atoms with E-state index >= 15 is 0 Å². The predicted octanol–water partition coefficient (Wildman–Crippen LogP) is 2.50. The molecule has 0 fully saturated rings. The second kappa shape index (κ2) is 6.65. The fraction of sp³-hybridized carbons (Fsp3) is 0.389. The highest BCUT2D eigenvalue weighted by atomic mass is 32.2. The summed E-state index contributed by atoms with van der Waals surface area (Å²) in [6.45, 7) is 4.53. The summed E-state index contributed by atoms with van der Waals surface area (Å²) < 4.78 is 41.8. The standard InChI is InChI=1S/C18H24FN5O2S/c1-12-10-18(2,11-23(4)5)21-17-15(16(20-3)22-24(12)17)27(25,26)14-8-6-7-13(19)9-14/h6-10,21H,11H2,1-5H3,(H,20,22). The third-order valence-electron chi connectivity index (χ3n) is 4.36. The molecule has 2 N–H and O–H groups in total. The SMILES string of the molecule is CNc1nn2c(c1S(=O)(=O)c1cccc(F)c1)NC(C)(CN(C)C)C=C2C.